The summed E-state index contributed by atoms with van der Waals surface area (Å²) in [5.74, 6) is 1.74. The predicted octanol–water partition coefficient (Wildman–Crippen LogP) is 1.33. The molecule has 1 aliphatic heterocycles. The maximum atomic E-state index is 5.32. The lowest BCUT2D eigenvalue weighted by atomic mass is 10.3. The number of nitrogens with zero attached hydrogens (tertiary/aromatic N) is 2. The zero-order chi connectivity index (χ0) is 10.4. The Morgan fingerprint density at radius 2 is 2.07 bits per heavy atom. The van der Waals surface area contributed by atoms with Crippen molar-refractivity contribution < 1.29 is 9.47 Å². The molecule has 1 atom stereocenters. The monoisotopic (exact) mass is 215 g/mol. The number of hydrogen-bond acceptors (Lipinski definition) is 5. The third kappa shape index (κ3) is 2.90. The largest absolute Gasteiger partial charge is 0.480 e. The normalized spacial score (nSPS) is 21.2. The predicted molar refractivity (Wildman–Crippen MR) is 60.1 cm³/mol. The quantitative estimate of drug-likeness (QED) is 0.722. The van der Waals surface area contributed by atoms with E-state index in [1.807, 2.05) is 13.8 Å². The molecule has 0 fully saturated rings. The van der Waals surface area contributed by atoms with Crippen LogP contribution in [0.25, 0.3) is 0 Å². The van der Waals surface area contributed by atoms with Crippen molar-refractivity contribution in [3.8, 4) is 0 Å². The zero-order valence-corrected chi connectivity index (χ0v) is 9.33. The Labute approximate surface area is 89.8 Å². The Hall–Kier alpha value is -0.710. The summed E-state index contributed by atoms with van der Waals surface area (Å²) in [5.41, 5.74) is 0. The van der Waals surface area contributed by atoms with Crippen LogP contribution in [0, 0.1) is 6.54 Å². The fraction of sp³-hybridized carbons (Fsp3) is 0.667. The van der Waals surface area contributed by atoms with Crippen LogP contribution in [0.15, 0.2) is 9.98 Å². The molecule has 0 aromatic carbocycles. The van der Waals surface area contributed by atoms with Gasteiger partial charge in [0.2, 0.25) is 11.8 Å². The Morgan fingerprint density at radius 1 is 1.36 bits per heavy atom. The lowest BCUT2D eigenvalue weighted by Gasteiger charge is -2.19. The number of rotatable bonds is 3. The second-order valence-corrected chi connectivity index (χ2v) is 2.99. The summed E-state index contributed by atoms with van der Waals surface area (Å²) in [6, 6.07) is -0.121. The molecule has 4 nitrogen and oxygen atoms in total. The van der Waals surface area contributed by atoms with Gasteiger partial charge < -0.3 is 9.47 Å². The first kappa shape index (κ1) is 11.4. The molecule has 0 spiro atoms. The van der Waals surface area contributed by atoms with Crippen molar-refractivity contribution in [1.82, 2.24) is 0 Å². The van der Waals surface area contributed by atoms with Gasteiger partial charge in [-0.2, -0.15) is 12.6 Å². The van der Waals surface area contributed by atoms with E-state index in [2.05, 4.69) is 22.6 Å². The van der Waals surface area contributed by atoms with Crippen LogP contribution in [0.2, 0.25) is 0 Å². The van der Waals surface area contributed by atoms with Gasteiger partial charge in [-0.05, 0) is 13.8 Å². The van der Waals surface area contributed by atoms with Crippen LogP contribution in [0.3, 0.4) is 0 Å². The van der Waals surface area contributed by atoms with E-state index in [1.54, 1.807) is 6.54 Å². The first-order valence-corrected chi connectivity index (χ1v) is 5.30. The second kappa shape index (κ2) is 5.90. The van der Waals surface area contributed by atoms with Gasteiger partial charge in [0, 0.05) is 5.75 Å². The molecular weight excluding hydrogens is 200 g/mol. The van der Waals surface area contributed by atoms with E-state index in [0.29, 0.717) is 30.8 Å². The van der Waals surface area contributed by atoms with Gasteiger partial charge in [0.05, 0.1) is 13.2 Å². The average molecular weight is 215 g/mol. The summed E-state index contributed by atoms with van der Waals surface area (Å²) in [6.07, 6.45) is 0. The number of hydrogen-bond donors (Lipinski definition) is 1. The SMILES string of the molecule is CCOC1=N[C@@H](CS)C(OCC)=N[CH]1. The summed E-state index contributed by atoms with van der Waals surface area (Å²) in [6.45, 7) is 6.59. The maximum Gasteiger partial charge on any atom is 0.212 e. The van der Waals surface area contributed by atoms with Gasteiger partial charge in [0.15, 0.2) is 6.54 Å². The fourth-order valence-electron chi connectivity index (χ4n) is 1.07. The van der Waals surface area contributed by atoms with Crippen LogP contribution < -0.4 is 0 Å². The van der Waals surface area contributed by atoms with Crippen molar-refractivity contribution >= 4 is 24.4 Å². The minimum Gasteiger partial charge on any atom is -0.480 e. The standard InChI is InChI=1S/C9H15N2O2S/c1-3-12-8-5-10-9(13-4-2)7(6-14)11-8/h5,7,14H,3-4,6H2,1-2H3/t7-/m0/s1. The van der Waals surface area contributed by atoms with Crippen LogP contribution in [0.4, 0.5) is 0 Å². The third-order valence-corrected chi connectivity index (χ3v) is 1.97. The van der Waals surface area contributed by atoms with Gasteiger partial charge in [-0.1, -0.05) is 0 Å². The molecule has 1 radical (unpaired) electrons. The van der Waals surface area contributed by atoms with Gasteiger partial charge in [-0.3, -0.25) is 0 Å². The number of aliphatic imine (C=N–C) groups is 2. The van der Waals surface area contributed by atoms with E-state index >= 15 is 0 Å². The highest BCUT2D eigenvalue weighted by atomic mass is 32.1. The van der Waals surface area contributed by atoms with E-state index in [4.69, 9.17) is 9.47 Å². The lowest BCUT2D eigenvalue weighted by molar-refractivity contribution is 0.301. The van der Waals surface area contributed by atoms with E-state index in [1.165, 1.54) is 0 Å². The van der Waals surface area contributed by atoms with E-state index in [9.17, 15) is 0 Å². The minimum atomic E-state index is -0.121. The summed E-state index contributed by atoms with van der Waals surface area (Å²) in [7, 11) is 0. The first-order chi connectivity index (χ1) is 6.81. The molecular formula is C9H15N2O2S. The summed E-state index contributed by atoms with van der Waals surface area (Å²) < 4.78 is 10.6. The van der Waals surface area contributed by atoms with Gasteiger partial charge in [-0.15, -0.1) is 0 Å². The first-order valence-electron chi connectivity index (χ1n) is 4.67. The Balaban J connectivity index is 2.59. The Kier molecular flexibility index (Phi) is 4.79. The van der Waals surface area contributed by atoms with Crippen molar-refractivity contribution in [3.05, 3.63) is 6.54 Å². The molecule has 14 heavy (non-hydrogen) atoms. The molecule has 1 rings (SSSR count). The van der Waals surface area contributed by atoms with Crippen molar-refractivity contribution in [3.63, 3.8) is 0 Å². The van der Waals surface area contributed by atoms with Crippen molar-refractivity contribution in [2.45, 2.75) is 19.9 Å². The highest BCUT2D eigenvalue weighted by Gasteiger charge is 2.21. The molecule has 0 aromatic rings. The molecule has 5 heteroatoms. The summed E-state index contributed by atoms with van der Waals surface area (Å²) in [5, 5.41) is 0. The molecule has 0 aliphatic carbocycles. The van der Waals surface area contributed by atoms with E-state index in [0.717, 1.165) is 0 Å². The molecule has 1 heterocycles. The molecule has 0 unspecified atom stereocenters. The molecule has 0 N–H and O–H groups in total. The maximum absolute atomic E-state index is 5.32. The summed E-state index contributed by atoms with van der Waals surface area (Å²) >= 11 is 4.19. The van der Waals surface area contributed by atoms with Crippen molar-refractivity contribution in [2.24, 2.45) is 9.98 Å². The number of thiol groups is 1. The van der Waals surface area contributed by atoms with Gasteiger partial charge in [0.25, 0.3) is 0 Å². The van der Waals surface area contributed by atoms with Crippen LogP contribution in [-0.4, -0.2) is 36.8 Å². The molecule has 0 aromatic heterocycles. The van der Waals surface area contributed by atoms with Crippen molar-refractivity contribution in [1.29, 1.82) is 0 Å². The molecule has 1 aliphatic rings. The molecule has 0 saturated heterocycles. The van der Waals surface area contributed by atoms with Crippen LogP contribution in [-0.2, 0) is 9.47 Å². The minimum absolute atomic E-state index is 0.121. The average Bonchev–Trinajstić information content (AvgIpc) is 2.21. The molecule has 0 amide bonds. The van der Waals surface area contributed by atoms with Gasteiger partial charge in [0.1, 0.15) is 6.04 Å². The highest BCUT2D eigenvalue weighted by molar-refractivity contribution is 7.80. The van der Waals surface area contributed by atoms with Crippen LogP contribution >= 0.6 is 12.6 Å². The molecule has 79 valence electrons. The molecule has 0 bridgehead atoms. The topological polar surface area (TPSA) is 43.2 Å². The Bertz CT molecular complexity index is 241. The molecule has 0 saturated carbocycles. The third-order valence-electron chi connectivity index (χ3n) is 1.63. The smallest absolute Gasteiger partial charge is 0.212 e. The van der Waals surface area contributed by atoms with Crippen molar-refractivity contribution in [2.75, 3.05) is 19.0 Å². The fourth-order valence-corrected chi connectivity index (χ4v) is 1.31. The van der Waals surface area contributed by atoms with E-state index in [-0.39, 0.29) is 6.04 Å². The van der Waals surface area contributed by atoms with Crippen LogP contribution in [0.5, 0.6) is 0 Å². The van der Waals surface area contributed by atoms with Gasteiger partial charge >= 0.3 is 0 Å². The van der Waals surface area contributed by atoms with Gasteiger partial charge in [-0.25, -0.2) is 9.98 Å². The van der Waals surface area contributed by atoms with E-state index < -0.39 is 0 Å². The lowest BCUT2D eigenvalue weighted by Crippen LogP contribution is -2.29. The Morgan fingerprint density at radius 3 is 2.64 bits per heavy atom. The van der Waals surface area contributed by atoms with Crippen LogP contribution in [0.1, 0.15) is 13.8 Å². The highest BCUT2D eigenvalue weighted by Crippen LogP contribution is 2.09. The zero-order valence-electron chi connectivity index (χ0n) is 8.43. The summed E-state index contributed by atoms with van der Waals surface area (Å²) in [4.78, 5) is 8.43. The second-order valence-electron chi connectivity index (χ2n) is 2.63. The number of ether oxygens (including phenoxy) is 2.